The maximum Gasteiger partial charge on any atom is 0.255 e. The van der Waals surface area contributed by atoms with Crippen molar-refractivity contribution in [3.63, 3.8) is 0 Å². The van der Waals surface area contributed by atoms with Crippen molar-refractivity contribution >= 4 is 23.5 Å². The van der Waals surface area contributed by atoms with Gasteiger partial charge in [-0.15, -0.1) is 0 Å². The standard InChI is InChI=1S/C15H19N5O3/c1-16-13-10(4-3-5-17-13)14(22)18-9-6-11-15(23)19(2)8-12(21)20(11)7-9/h3-5,9,11H,6-8H2,1-2H3,(H,16,17)(H,18,22)/t9-,11-/m0/s1. The highest BCUT2D eigenvalue weighted by molar-refractivity contribution is 5.99. The van der Waals surface area contributed by atoms with Gasteiger partial charge >= 0.3 is 0 Å². The van der Waals surface area contributed by atoms with Gasteiger partial charge in [-0.1, -0.05) is 0 Å². The molecule has 23 heavy (non-hydrogen) atoms. The smallest absolute Gasteiger partial charge is 0.255 e. The molecule has 3 rings (SSSR count). The SMILES string of the molecule is CNc1ncccc1C(=O)N[C@H]1C[C@H]2C(=O)N(C)CC(=O)N2C1. The molecule has 122 valence electrons. The van der Waals surface area contributed by atoms with Crippen molar-refractivity contribution in [1.29, 1.82) is 0 Å². The molecule has 0 aromatic carbocycles. The number of piperazine rings is 1. The van der Waals surface area contributed by atoms with Crippen LogP contribution in [0, 0.1) is 0 Å². The molecule has 1 aromatic heterocycles. The summed E-state index contributed by atoms with van der Waals surface area (Å²) in [7, 11) is 3.32. The van der Waals surface area contributed by atoms with Gasteiger partial charge in [-0.25, -0.2) is 4.98 Å². The second kappa shape index (κ2) is 5.86. The van der Waals surface area contributed by atoms with Crippen LogP contribution >= 0.6 is 0 Å². The quantitative estimate of drug-likeness (QED) is 0.768. The van der Waals surface area contributed by atoms with Gasteiger partial charge in [-0.05, 0) is 18.6 Å². The van der Waals surface area contributed by atoms with Crippen molar-refractivity contribution in [2.75, 3.05) is 32.5 Å². The Hall–Kier alpha value is -2.64. The van der Waals surface area contributed by atoms with E-state index in [4.69, 9.17) is 0 Å². The van der Waals surface area contributed by atoms with E-state index in [2.05, 4.69) is 15.6 Å². The molecular weight excluding hydrogens is 298 g/mol. The number of amides is 3. The van der Waals surface area contributed by atoms with Gasteiger partial charge < -0.3 is 20.4 Å². The lowest BCUT2D eigenvalue weighted by atomic mass is 10.1. The summed E-state index contributed by atoms with van der Waals surface area (Å²) >= 11 is 0. The van der Waals surface area contributed by atoms with E-state index in [-0.39, 0.29) is 30.3 Å². The molecule has 2 N–H and O–H groups in total. The minimum absolute atomic E-state index is 0.0707. The number of pyridine rings is 1. The lowest BCUT2D eigenvalue weighted by molar-refractivity contribution is -0.152. The first-order valence-electron chi connectivity index (χ1n) is 7.49. The van der Waals surface area contributed by atoms with Gasteiger partial charge in [-0.3, -0.25) is 14.4 Å². The average molecular weight is 317 g/mol. The lowest BCUT2D eigenvalue weighted by Crippen LogP contribution is -2.55. The van der Waals surface area contributed by atoms with E-state index in [0.29, 0.717) is 24.3 Å². The van der Waals surface area contributed by atoms with Crippen molar-refractivity contribution in [2.45, 2.75) is 18.5 Å². The fourth-order valence-electron chi connectivity index (χ4n) is 3.13. The molecular formula is C15H19N5O3. The number of rotatable bonds is 3. The fraction of sp³-hybridized carbons (Fsp3) is 0.467. The van der Waals surface area contributed by atoms with Crippen molar-refractivity contribution in [3.05, 3.63) is 23.9 Å². The number of anilines is 1. The molecule has 3 heterocycles. The van der Waals surface area contributed by atoms with Gasteiger partial charge in [0.25, 0.3) is 5.91 Å². The molecule has 3 amide bonds. The summed E-state index contributed by atoms with van der Waals surface area (Å²) in [5.41, 5.74) is 0.439. The molecule has 2 fully saturated rings. The number of carbonyl (C=O) groups excluding carboxylic acids is 3. The fourth-order valence-corrected chi connectivity index (χ4v) is 3.13. The lowest BCUT2D eigenvalue weighted by Gasteiger charge is -2.33. The largest absolute Gasteiger partial charge is 0.372 e. The van der Waals surface area contributed by atoms with Crippen molar-refractivity contribution < 1.29 is 14.4 Å². The normalized spacial score (nSPS) is 23.7. The topological polar surface area (TPSA) is 94.6 Å². The van der Waals surface area contributed by atoms with Crippen molar-refractivity contribution in [3.8, 4) is 0 Å². The van der Waals surface area contributed by atoms with E-state index >= 15 is 0 Å². The van der Waals surface area contributed by atoms with Crippen LogP contribution in [0.5, 0.6) is 0 Å². The van der Waals surface area contributed by atoms with Crippen LogP contribution < -0.4 is 10.6 Å². The Morgan fingerprint density at radius 1 is 1.39 bits per heavy atom. The summed E-state index contributed by atoms with van der Waals surface area (Å²) in [6.45, 7) is 0.465. The average Bonchev–Trinajstić information content (AvgIpc) is 2.97. The number of nitrogens with one attached hydrogen (secondary N) is 2. The zero-order valence-corrected chi connectivity index (χ0v) is 13.1. The molecule has 8 heteroatoms. The minimum atomic E-state index is -0.468. The number of nitrogens with zero attached hydrogens (tertiary/aromatic N) is 3. The predicted molar refractivity (Wildman–Crippen MR) is 82.8 cm³/mol. The summed E-state index contributed by atoms with van der Waals surface area (Å²) in [6, 6.07) is 2.66. The van der Waals surface area contributed by atoms with Gasteiger partial charge in [0.1, 0.15) is 11.9 Å². The van der Waals surface area contributed by atoms with Crippen LogP contribution in [0.25, 0.3) is 0 Å². The molecule has 2 saturated heterocycles. The number of carbonyl (C=O) groups is 3. The molecule has 0 spiro atoms. The van der Waals surface area contributed by atoms with Gasteiger partial charge in [0, 0.05) is 32.9 Å². The monoisotopic (exact) mass is 317 g/mol. The third-order valence-electron chi connectivity index (χ3n) is 4.28. The molecule has 0 bridgehead atoms. The molecule has 2 aliphatic rings. The van der Waals surface area contributed by atoms with Crippen molar-refractivity contribution in [2.24, 2.45) is 0 Å². The van der Waals surface area contributed by atoms with Crippen LogP contribution in [-0.4, -0.2) is 71.8 Å². The van der Waals surface area contributed by atoms with Crippen LogP contribution in [0.3, 0.4) is 0 Å². The number of likely N-dealkylation sites (N-methyl/N-ethyl adjacent to an activating group) is 1. The van der Waals surface area contributed by atoms with E-state index < -0.39 is 6.04 Å². The summed E-state index contributed by atoms with van der Waals surface area (Å²) in [6.07, 6.45) is 2.04. The van der Waals surface area contributed by atoms with Crippen LogP contribution in [0.1, 0.15) is 16.8 Å². The van der Waals surface area contributed by atoms with E-state index in [1.165, 1.54) is 4.90 Å². The van der Waals surface area contributed by atoms with Crippen molar-refractivity contribution in [1.82, 2.24) is 20.1 Å². The summed E-state index contributed by atoms with van der Waals surface area (Å²) in [5.74, 6) is 0.0814. The maximum absolute atomic E-state index is 12.4. The van der Waals surface area contributed by atoms with Gasteiger partial charge in [0.2, 0.25) is 11.8 Å². The third-order valence-corrected chi connectivity index (χ3v) is 4.28. The zero-order chi connectivity index (χ0) is 16.6. The molecule has 0 unspecified atom stereocenters. The Kier molecular flexibility index (Phi) is 3.89. The molecule has 0 saturated carbocycles. The summed E-state index contributed by atoms with van der Waals surface area (Å²) < 4.78 is 0. The third kappa shape index (κ3) is 2.71. The van der Waals surface area contributed by atoms with Gasteiger partial charge in [0.05, 0.1) is 12.1 Å². The molecule has 2 atom stereocenters. The van der Waals surface area contributed by atoms with E-state index in [1.54, 1.807) is 37.3 Å². The second-order valence-corrected chi connectivity index (χ2v) is 5.81. The predicted octanol–water partition coefficient (Wildman–Crippen LogP) is -0.705. The molecule has 0 radical (unpaired) electrons. The maximum atomic E-state index is 12.4. The Bertz CT molecular complexity index is 662. The molecule has 8 nitrogen and oxygen atoms in total. The Morgan fingerprint density at radius 2 is 2.17 bits per heavy atom. The Balaban J connectivity index is 1.71. The van der Waals surface area contributed by atoms with Gasteiger partial charge in [-0.2, -0.15) is 0 Å². The summed E-state index contributed by atoms with van der Waals surface area (Å²) in [5, 5.41) is 5.77. The summed E-state index contributed by atoms with van der Waals surface area (Å²) in [4.78, 5) is 43.7. The van der Waals surface area contributed by atoms with E-state index in [1.807, 2.05) is 0 Å². The first-order chi connectivity index (χ1) is 11.0. The Labute approximate surface area is 133 Å². The van der Waals surface area contributed by atoms with E-state index in [0.717, 1.165) is 0 Å². The molecule has 1 aromatic rings. The van der Waals surface area contributed by atoms with Crippen LogP contribution in [0.2, 0.25) is 0 Å². The minimum Gasteiger partial charge on any atom is -0.372 e. The number of hydrogen-bond acceptors (Lipinski definition) is 5. The molecule has 0 aliphatic carbocycles. The molecule has 2 aliphatic heterocycles. The number of aromatic nitrogens is 1. The number of hydrogen-bond donors (Lipinski definition) is 2. The van der Waals surface area contributed by atoms with Gasteiger partial charge in [0.15, 0.2) is 0 Å². The van der Waals surface area contributed by atoms with E-state index in [9.17, 15) is 14.4 Å². The first-order valence-corrected chi connectivity index (χ1v) is 7.49. The van der Waals surface area contributed by atoms with Crippen LogP contribution in [0.4, 0.5) is 5.82 Å². The zero-order valence-electron chi connectivity index (χ0n) is 13.1. The van der Waals surface area contributed by atoms with Crippen LogP contribution in [-0.2, 0) is 9.59 Å². The highest BCUT2D eigenvalue weighted by Gasteiger charge is 2.45. The Morgan fingerprint density at radius 3 is 2.91 bits per heavy atom. The first kappa shape index (κ1) is 15.3. The van der Waals surface area contributed by atoms with Crippen LogP contribution in [0.15, 0.2) is 18.3 Å². The second-order valence-electron chi connectivity index (χ2n) is 5.81. The highest BCUT2D eigenvalue weighted by atomic mass is 16.2. The highest BCUT2D eigenvalue weighted by Crippen LogP contribution is 2.24. The number of fused-ring (bicyclic) bond motifs is 1.